The van der Waals surface area contributed by atoms with Crippen molar-refractivity contribution in [1.29, 1.82) is 0 Å². The molecule has 2 saturated heterocycles. The molecule has 3 fully saturated rings. The lowest BCUT2D eigenvalue weighted by Gasteiger charge is -2.43. The number of fused-ring (bicyclic) bond motifs is 3. The van der Waals surface area contributed by atoms with E-state index in [1.807, 2.05) is 0 Å². The third kappa shape index (κ3) is 18.4. The highest BCUT2D eigenvalue weighted by atomic mass is 16.7. The molecule has 0 radical (unpaired) electrons. The molecule has 18 N–H and O–H groups in total. The fraction of sp³-hybridized carbons (Fsp3) is 0.615. The van der Waals surface area contributed by atoms with Gasteiger partial charge in [-0.25, -0.2) is 0 Å². The quantitative estimate of drug-likeness (QED) is 0.0275. The van der Waals surface area contributed by atoms with Crippen LogP contribution in [-0.2, 0) is 68.6 Å². The molecule has 0 spiro atoms. The van der Waals surface area contributed by atoms with Crippen molar-refractivity contribution in [3.63, 3.8) is 0 Å². The van der Waals surface area contributed by atoms with Gasteiger partial charge in [-0.2, -0.15) is 0 Å². The van der Waals surface area contributed by atoms with E-state index in [-0.39, 0.29) is 72.6 Å². The highest BCUT2D eigenvalue weighted by Crippen LogP contribution is 2.53. The van der Waals surface area contributed by atoms with E-state index in [0.717, 1.165) is 11.3 Å². The monoisotopic (exact) mass is 1400 g/mol. The number of phenols is 2. The molecule has 2 heterocycles. The van der Waals surface area contributed by atoms with E-state index in [4.69, 9.17) is 25.1 Å². The predicted octanol–water partition coefficient (Wildman–Crippen LogP) is -3.82. The van der Waals surface area contributed by atoms with E-state index >= 15 is 0 Å². The Morgan fingerprint density at radius 2 is 1.35 bits per heavy atom. The first kappa shape index (κ1) is 77.6. The number of carboxylic acids is 1. The minimum atomic E-state index is -2.51. The maximum atomic E-state index is 14.4. The summed E-state index contributed by atoms with van der Waals surface area (Å²) in [6.07, 6.45) is -8.07. The average molecular weight is 1400 g/mol. The highest BCUT2D eigenvalue weighted by molar-refractivity contribution is 6.31. The van der Waals surface area contributed by atoms with Crippen molar-refractivity contribution in [3.8, 4) is 17.2 Å². The summed E-state index contributed by atoms with van der Waals surface area (Å²) in [6.45, 7) is 2.46. The molecule has 99 heavy (non-hydrogen) atoms. The summed E-state index contributed by atoms with van der Waals surface area (Å²) >= 11 is 0. The largest absolute Gasteiger partial charge is 0.507 e. The number of aliphatic hydroxyl groups is 6. The number of likely N-dealkylation sites (tertiary alicyclic amines) is 1. The third-order valence-electron chi connectivity index (χ3n) is 18.5. The van der Waals surface area contributed by atoms with Crippen LogP contribution in [0, 0.1) is 11.8 Å². The Kier molecular flexibility index (Phi) is 26.5. The van der Waals surface area contributed by atoms with Crippen molar-refractivity contribution in [2.45, 2.75) is 209 Å². The summed E-state index contributed by atoms with van der Waals surface area (Å²) in [5.41, 5.74) is 0.557. The Labute approximate surface area is 567 Å². The van der Waals surface area contributed by atoms with Crippen molar-refractivity contribution in [2.75, 3.05) is 33.5 Å². The van der Waals surface area contributed by atoms with Gasteiger partial charge in [0, 0.05) is 68.2 Å². The van der Waals surface area contributed by atoms with Gasteiger partial charge in [0.05, 0.1) is 61.4 Å². The fourth-order valence-electron chi connectivity index (χ4n) is 13.3. The second-order valence-electron chi connectivity index (χ2n) is 26.2. The normalized spacial score (nSPS) is 23.8. The number of Topliss-reactive ketones (excluding diaryl/α,β-unsaturated/α-hetero) is 1. The molecule has 9 amide bonds. The van der Waals surface area contributed by atoms with Gasteiger partial charge in [-0.15, -0.1) is 0 Å². The van der Waals surface area contributed by atoms with Gasteiger partial charge < -0.3 is 108 Å². The van der Waals surface area contributed by atoms with Crippen molar-refractivity contribution in [1.82, 2.24) is 42.1 Å². The number of ketones is 3. The number of phenolic OH excluding ortho intramolecular Hbond substituents is 2. The van der Waals surface area contributed by atoms with Gasteiger partial charge in [0.15, 0.2) is 17.9 Å². The van der Waals surface area contributed by atoms with Crippen LogP contribution in [0.2, 0.25) is 0 Å². The van der Waals surface area contributed by atoms with E-state index in [9.17, 15) is 103 Å². The van der Waals surface area contributed by atoms with E-state index in [0.29, 0.717) is 25.7 Å². The van der Waals surface area contributed by atoms with Gasteiger partial charge in [0.1, 0.15) is 77.9 Å². The molecular formula is C65H89N9O25. The van der Waals surface area contributed by atoms with Crippen LogP contribution in [-0.4, -0.2) is 239 Å². The number of hydrogen-bond acceptors (Lipinski definition) is 24. The summed E-state index contributed by atoms with van der Waals surface area (Å²) in [4.78, 5) is 176. The molecule has 2 aromatic rings. The molecule has 1 saturated carbocycles. The van der Waals surface area contributed by atoms with Crippen molar-refractivity contribution in [2.24, 2.45) is 17.6 Å². The van der Waals surface area contributed by atoms with E-state index in [2.05, 4.69) is 37.2 Å². The zero-order valence-corrected chi connectivity index (χ0v) is 55.4. The molecule has 34 heteroatoms. The number of nitrogens with two attached hydrogens (primary N) is 1. The van der Waals surface area contributed by atoms with Crippen molar-refractivity contribution >= 4 is 76.5 Å². The number of amides is 9. The fourth-order valence-corrected chi connectivity index (χ4v) is 13.3. The number of β-amino-alcohol motifs (C(OH)–C–C–N with tert-alkyl or cyclic N) is 1. The number of methoxy groups -OCH3 is 1. The first-order chi connectivity index (χ1) is 46.8. The zero-order chi connectivity index (χ0) is 73.1. The molecule has 0 bridgehead atoms. The number of aliphatic hydroxyl groups excluding tert-OH is 5. The number of primary amides is 1. The van der Waals surface area contributed by atoms with Crippen LogP contribution in [0.4, 0.5) is 0 Å². The molecule has 2 aliphatic heterocycles. The van der Waals surface area contributed by atoms with E-state index in [1.54, 1.807) is 13.8 Å². The number of aliphatic carboxylic acids is 1. The number of hydrogen-bond donors (Lipinski definition) is 17. The van der Waals surface area contributed by atoms with Crippen LogP contribution in [0.15, 0.2) is 18.2 Å². The Hall–Kier alpha value is -8.77. The summed E-state index contributed by atoms with van der Waals surface area (Å²) < 4.78 is 17.7. The number of carbonyl (C=O) groups is 13. The number of carbonyl (C=O) groups excluding carboxylic acids is 12. The molecule has 14 atom stereocenters. The summed E-state index contributed by atoms with van der Waals surface area (Å²) in [6, 6.07) is -8.06. The van der Waals surface area contributed by atoms with Crippen LogP contribution in [0.5, 0.6) is 17.2 Å². The molecule has 544 valence electrons. The number of nitrogens with one attached hydrogen (secondary N) is 7. The molecule has 2 aromatic carbocycles. The number of carboxylic acid groups (broad SMARTS) is 1. The maximum Gasteiger partial charge on any atom is 0.303 e. The third-order valence-corrected chi connectivity index (χ3v) is 18.5. The van der Waals surface area contributed by atoms with Crippen molar-refractivity contribution < 1.29 is 122 Å². The Morgan fingerprint density at radius 3 is 1.97 bits per heavy atom. The standard InChI is InChI=1S/C65H89N9O25/c1-28(2)19-37(60(91)69-36-21-47(98-30(4)53(36)84)99-42-23-65(96,43(79)27-77)22-34-49(42)57(88)51-50(55(34)86)54(85)33-13-9-14-41(97-5)48(33)56(51)87)70-61(92)38(25-75)72-59(90)35(17-18-44(66)80)68-64(95)52(31-11-7-6-8-12-31)73-62(93)39(26-76)71-58(89)29(3)67-63(94)40-20-32(78)24-74(40)45(81)15-10-16-46(82)83/h9,13-14,28-32,35-40,42,47,52-53,75-78,84,86,88,96H,6-8,10-12,15-27H2,1-5H3,(H2,66,80)(H,67,94)(H,68,95)(H,69,91)(H,70,92)(H,71,89)(H,72,90)(H,73,93)(H,82,83). The summed E-state index contributed by atoms with van der Waals surface area (Å²) in [5.74, 6) is -15.4. The van der Waals surface area contributed by atoms with Gasteiger partial charge >= 0.3 is 5.97 Å². The molecule has 0 aromatic heterocycles. The lowest BCUT2D eigenvalue weighted by Crippen LogP contribution is -2.62. The summed E-state index contributed by atoms with van der Waals surface area (Å²) in [5, 5.41) is 115. The second-order valence-corrected chi connectivity index (χ2v) is 26.2. The van der Waals surface area contributed by atoms with E-state index in [1.165, 1.54) is 39.2 Å². The molecular weight excluding hydrogens is 1310 g/mol. The minimum absolute atomic E-state index is 0.0279. The van der Waals surface area contributed by atoms with Gasteiger partial charge in [0.2, 0.25) is 58.9 Å². The lowest BCUT2D eigenvalue weighted by molar-refractivity contribution is -0.249. The zero-order valence-electron chi connectivity index (χ0n) is 55.4. The Balaban J connectivity index is 1.03. The number of nitrogens with zero attached hydrogens (tertiary/aromatic N) is 1. The first-order valence-corrected chi connectivity index (χ1v) is 32.8. The van der Waals surface area contributed by atoms with Crippen LogP contribution in [0.3, 0.4) is 0 Å². The molecule has 34 nitrogen and oxygen atoms in total. The topological polar surface area (TPSA) is 545 Å². The highest BCUT2D eigenvalue weighted by Gasteiger charge is 2.51. The van der Waals surface area contributed by atoms with Gasteiger partial charge in [-0.05, 0) is 63.9 Å². The van der Waals surface area contributed by atoms with Crippen LogP contribution < -0.4 is 47.7 Å². The number of ether oxygens (including phenoxy) is 3. The smallest absolute Gasteiger partial charge is 0.303 e. The molecule has 14 unspecified atom stereocenters. The second kappa shape index (κ2) is 33.9. The van der Waals surface area contributed by atoms with Gasteiger partial charge in [0.25, 0.3) is 0 Å². The summed E-state index contributed by atoms with van der Waals surface area (Å²) in [7, 11) is 1.25. The SMILES string of the molecule is COc1cccc2c1C(=O)c1c(O)c3c(c(O)c1C2=O)CC(O)(C(=O)CO)CC3OC1CC(NC(=O)C(CC(C)C)NC(=O)C(CO)NC(=O)C(CCC(N)=O)NC(=O)C(NC(=O)C(CO)NC(=O)C(C)NC(=O)C2CC(O)CN2C(=O)CCCC(=O)O)C2CCCCC2)C(O)C(C)O1. The average Bonchev–Trinajstić information content (AvgIpc) is 1.09. The Bertz CT molecular complexity index is 3430. The van der Waals surface area contributed by atoms with Crippen LogP contribution >= 0.6 is 0 Å². The van der Waals surface area contributed by atoms with Crippen LogP contribution in [0.1, 0.15) is 167 Å². The van der Waals surface area contributed by atoms with Gasteiger partial charge in [-0.1, -0.05) is 45.2 Å². The van der Waals surface area contributed by atoms with Crippen LogP contribution in [0.25, 0.3) is 0 Å². The van der Waals surface area contributed by atoms with E-state index < -0.39 is 242 Å². The predicted molar refractivity (Wildman–Crippen MR) is 339 cm³/mol. The Morgan fingerprint density at radius 1 is 0.737 bits per heavy atom. The molecule has 7 rings (SSSR count). The number of benzene rings is 2. The molecule has 3 aliphatic carbocycles. The lowest BCUT2D eigenvalue weighted by atomic mass is 9.72. The maximum absolute atomic E-state index is 14.4. The number of aromatic hydroxyl groups is 2. The number of rotatable bonds is 31. The first-order valence-electron chi connectivity index (χ1n) is 32.8. The van der Waals surface area contributed by atoms with Crippen molar-refractivity contribution in [3.05, 3.63) is 51.6 Å². The van der Waals surface area contributed by atoms with Gasteiger partial charge in [-0.3, -0.25) is 62.3 Å². The molecule has 5 aliphatic rings. The minimum Gasteiger partial charge on any atom is -0.507 e.